The molecule has 116 valence electrons. The third kappa shape index (κ3) is 20.8. The van der Waals surface area contributed by atoms with Gasteiger partial charge in [-0.25, -0.2) is 0 Å². The van der Waals surface area contributed by atoms with Crippen molar-refractivity contribution in [2.75, 3.05) is 13.2 Å². The molecule has 0 aliphatic rings. The Balaban J connectivity index is 0. The van der Waals surface area contributed by atoms with Crippen molar-refractivity contribution in [2.24, 2.45) is 0 Å². The van der Waals surface area contributed by atoms with E-state index in [-0.39, 0.29) is 6.61 Å². The van der Waals surface area contributed by atoms with E-state index in [2.05, 4.69) is 32.1 Å². The Hall–Kier alpha value is 0.299. The summed E-state index contributed by atoms with van der Waals surface area (Å²) in [5, 5.41) is 8.02. The van der Waals surface area contributed by atoms with Gasteiger partial charge in [-0.3, -0.25) is 0 Å². The molecule has 2 nitrogen and oxygen atoms in total. The first kappa shape index (κ1) is 21.6. The Morgan fingerprint density at radius 2 is 1.37 bits per heavy atom. The van der Waals surface area contributed by atoms with Gasteiger partial charge in [-0.2, -0.15) is 0 Å². The molecule has 0 bridgehead atoms. The van der Waals surface area contributed by atoms with Crippen molar-refractivity contribution in [3.8, 4) is 0 Å². The molecular weight excluding hydrogens is 343 g/mol. The van der Waals surface area contributed by atoms with Crippen LogP contribution in [0.15, 0.2) is 12.8 Å². The number of aliphatic hydroxyl groups is 1. The average Bonchev–Trinajstić information content (AvgIpc) is 2.45. The molecule has 0 radical (unpaired) electrons. The van der Waals surface area contributed by atoms with Crippen LogP contribution >= 0.6 is 0 Å². The fraction of sp³-hybridized carbons (Fsp3) is 0.875. The van der Waals surface area contributed by atoms with E-state index in [0.717, 1.165) is 0 Å². The molecule has 0 fully saturated rings. The first-order valence-corrected chi connectivity index (χ1v) is 15.1. The van der Waals surface area contributed by atoms with Gasteiger partial charge in [0.15, 0.2) is 0 Å². The van der Waals surface area contributed by atoms with Crippen molar-refractivity contribution in [1.29, 1.82) is 0 Å². The van der Waals surface area contributed by atoms with Gasteiger partial charge in [-0.05, 0) is 0 Å². The summed E-state index contributed by atoms with van der Waals surface area (Å²) in [7, 11) is 0. The summed E-state index contributed by atoms with van der Waals surface area (Å²) >= 11 is -0.967. The molecule has 0 aliphatic carbocycles. The second-order valence-corrected chi connectivity index (χ2v) is 14.9. The summed E-state index contributed by atoms with van der Waals surface area (Å²) in [5.41, 5.74) is 0. The third-order valence-electron chi connectivity index (χ3n) is 3.22. The predicted molar refractivity (Wildman–Crippen MR) is 89.5 cm³/mol. The Kier molecular flexibility index (Phi) is 23.4. The molecule has 0 atom stereocenters. The van der Waals surface area contributed by atoms with E-state index in [9.17, 15) is 0 Å². The molecule has 0 saturated carbocycles. The third-order valence-corrected chi connectivity index (χ3v) is 13.7. The average molecular weight is 379 g/mol. The summed E-state index contributed by atoms with van der Waals surface area (Å²) in [6.07, 6.45) is 10.2. The van der Waals surface area contributed by atoms with E-state index < -0.39 is 19.8 Å². The van der Waals surface area contributed by atoms with Crippen LogP contribution in [0.3, 0.4) is 0 Å². The number of ether oxygens (including phenoxy) is 1. The standard InChI is InChI=1S/C4H8O2.3C4H9.Sn.H/c1-2-6-4-3-5;3*1-3-4-2;;/h2,5H,1,3-4H2;3*1,3-4H2,2H3;;. The van der Waals surface area contributed by atoms with Gasteiger partial charge in [-0.15, -0.1) is 0 Å². The van der Waals surface area contributed by atoms with Crippen molar-refractivity contribution in [3.05, 3.63) is 12.8 Å². The molecule has 19 heavy (non-hydrogen) atoms. The first-order chi connectivity index (χ1) is 9.26. The Morgan fingerprint density at radius 1 is 0.947 bits per heavy atom. The van der Waals surface area contributed by atoms with Crippen LogP contribution in [0.4, 0.5) is 0 Å². The zero-order valence-corrected chi connectivity index (χ0v) is 16.8. The summed E-state index contributed by atoms with van der Waals surface area (Å²) in [6.45, 7) is 10.7. The van der Waals surface area contributed by atoms with Gasteiger partial charge in [0.1, 0.15) is 6.61 Å². The van der Waals surface area contributed by atoms with E-state index in [1.54, 1.807) is 13.3 Å². The molecule has 0 unspecified atom stereocenters. The van der Waals surface area contributed by atoms with E-state index >= 15 is 0 Å². The van der Waals surface area contributed by atoms with Gasteiger partial charge in [0, 0.05) is 0 Å². The van der Waals surface area contributed by atoms with Crippen molar-refractivity contribution >= 4 is 19.8 Å². The van der Waals surface area contributed by atoms with Gasteiger partial charge >= 0.3 is 92.4 Å². The van der Waals surface area contributed by atoms with Gasteiger partial charge in [-0.1, -0.05) is 6.58 Å². The Bertz CT molecular complexity index is 144. The SMILES string of the molecule is C=COCCO.CCC[CH2][SnH]([CH2]CCC)[CH2]CCC. The predicted octanol–water partition coefficient (Wildman–Crippen LogP) is 4.75. The van der Waals surface area contributed by atoms with Gasteiger partial charge < -0.3 is 9.84 Å². The molecule has 1 N–H and O–H groups in total. The molecule has 0 amide bonds. The number of unbranched alkanes of at least 4 members (excludes halogenated alkanes) is 3. The Morgan fingerprint density at radius 3 is 1.58 bits per heavy atom. The van der Waals surface area contributed by atoms with E-state index in [4.69, 9.17) is 5.11 Å². The van der Waals surface area contributed by atoms with Gasteiger partial charge in [0.2, 0.25) is 0 Å². The summed E-state index contributed by atoms with van der Waals surface area (Å²) < 4.78 is 9.57. The molecule has 0 heterocycles. The molecular formula is C16H36O2Sn. The molecule has 0 saturated heterocycles. The second kappa shape index (κ2) is 20.6. The molecule has 0 spiro atoms. The molecule has 0 aromatic heterocycles. The number of hydrogen-bond acceptors (Lipinski definition) is 2. The summed E-state index contributed by atoms with van der Waals surface area (Å²) in [6, 6.07) is 0. The quantitative estimate of drug-likeness (QED) is 0.301. The molecule has 0 aliphatic heterocycles. The summed E-state index contributed by atoms with van der Waals surface area (Å²) in [4.78, 5) is 0. The molecule has 0 aromatic carbocycles. The van der Waals surface area contributed by atoms with Crippen LogP contribution in [0.5, 0.6) is 0 Å². The number of rotatable bonds is 12. The fourth-order valence-corrected chi connectivity index (χ4v) is 13.0. The Labute approximate surface area is 128 Å². The van der Waals surface area contributed by atoms with Crippen LogP contribution in [0.1, 0.15) is 59.3 Å². The van der Waals surface area contributed by atoms with Crippen LogP contribution < -0.4 is 0 Å². The maximum atomic E-state index is 8.02. The molecule has 0 aromatic rings. The van der Waals surface area contributed by atoms with Crippen LogP contribution in [-0.4, -0.2) is 38.1 Å². The second-order valence-electron chi connectivity index (χ2n) is 5.05. The van der Waals surface area contributed by atoms with Crippen LogP contribution in [0.25, 0.3) is 0 Å². The monoisotopic (exact) mass is 380 g/mol. The van der Waals surface area contributed by atoms with Crippen molar-refractivity contribution < 1.29 is 9.84 Å². The maximum absolute atomic E-state index is 8.02. The first-order valence-electron chi connectivity index (χ1n) is 8.09. The van der Waals surface area contributed by atoms with E-state index in [1.165, 1.54) is 44.8 Å². The number of hydrogen-bond donors (Lipinski definition) is 1. The van der Waals surface area contributed by atoms with E-state index in [0.29, 0.717) is 6.61 Å². The van der Waals surface area contributed by atoms with Gasteiger partial charge in [0.05, 0.1) is 12.9 Å². The normalized spacial score (nSPS) is 9.95. The minimum atomic E-state index is -0.967. The fourth-order valence-electron chi connectivity index (χ4n) is 2.05. The zero-order valence-electron chi connectivity index (χ0n) is 13.5. The topological polar surface area (TPSA) is 29.5 Å². The van der Waals surface area contributed by atoms with Crippen molar-refractivity contribution in [2.45, 2.75) is 72.6 Å². The summed E-state index contributed by atoms with van der Waals surface area (Å²) in [5.74, 6) is 0. The van der Waals surface area contributed by atoms with Crippen molar-refractivity contribution in [1.82, 2.24) is 0 Å². The molecule has 0 rings (SSSR count). The van der Waals surface area contributed by atoms with Crippen LogP contribution in [0, 0.1) is 0 Å². The van der Waals surface area contributed by atoms with Crippen molar-refractivity contribution in [3.63, 3.8) is 0 Å². The zero-order chi connectivity index (χ0) is 14.8. The van der Waals surface area contributed by atoms with Crippen LogP contribution in [0.2, 0.25) is 13.3 Å². The molecule has 3 heteroatoms. The van der Waals surface area contributed by atoms with Gasteiger partial charge in [0.25, 0.3) is 0 Å². The number of aliphatic hydroxyl groups excluding tert-OH is 1. The van der Waals surface area contributed by atoms with Crippen LogP contribution in [-0.2, 0) is 4.74 Å². The minimum absolute atomic E-state index is 0.0615. The van der Waals surface area contributed by atoms with E-state index in [1.807, 2.05) is 0 Å².